The zero-order valence-electron chi connectivity index (χ0n) is 9.57. The first kappa shape index (κ1) is 13.5. The number of rotatable bonds is 5. The molecule has 17 heavy (non-hydrogen) atoms. The molecule has 0 bridgehead atoms. The fourth-order valence-corrected chi connectivity index (χ4v) is 1.64. The van der Waals surface area contributed by atoms with Gasteiger partial charge in [0.1, 0.15) is 5.75 Å². The van der Waals surface area contributed by atoms with Crippen LogP contribution in [0.2, 0.25) is 5.02 Å². The summed E-state index contributed by atoms with van der Waals surface area (Å²) in [5, 5.41) is 9.18. The van der Waals surface area contributed by atoms with E-state index in [2.05, 4.69) is 0 Å². The van der Waals surface area contributed by atoms with Crippen molar-refractivity contribution in [1.82, 2.24) is 0 Å². The molecule has 0 aliphatic rings. The van der Waals surface area contributed by atoms with E-state index in [0.29, 0.717) is 21.9 Å². The summed E-state index contributed by atoms with van der Waals surface area (Å²) in [7, 11) is 3.02. The third-order valence-corrected chi connectivity index (χ3v) is 2.42. The Hall–Kier alpha value is -1.52. The minimum absolute atomic E-state index is 0.203. The second kappa shape index (κ2) is 6.27. The third kappa shape index (κ3) is 3.76. The molecule has 0 unspecified atom stereocenters. The molecule has 1 N–H and O–H groups in total. The Morgan fingerprint density at radius 3 is 2.65 bits per heavy atom. The third-order valence-electron chi connectivity index (χ3n) is 2.12. The highest BCUT2D eigenvalue weighted by molar-refractivity contribution is 6.32. The second-order valence-electron chi connectivity index (χ2n) is 3.29. The minimum atomic E-state index is -1.02. The summed E-state index contributed by atoms with van der Waals surface area (Å²) < 4.78 is 9.97. The van der Waals surface area contributed by atoms with E-state index in [1.165, 1.54) is 14.2 Å². The number of halogens is 1. The lowest BCUT2D eigenvalue weighted by molar-refractivity contribution is -0.131. The molecule has 0 saturated heterocycles. The van der Waals surface area contributed by atoms with E-state index >= 15 is 0 Å². The highest BCUT2D eigenvalue weighted by atomic mass is 35.5. The molecular formula is C12H13ClO4. The zero-order valence-corrected chi connectivity index (χ0v) is 10.3. The number of carbonyl (C=O) groups is 1. The van der Waals surface area contributed by atoms with Crippen LogP contribution in [-0.2, 0) is 9.53 Å². The van der Waals surface area contributed by atoms with Crippen LogP contribution in [0.1, 0.15) is 5.56 Å². The van der Waals surface area contributed by atoms with Gasteiger partial charge in [0.25, 0.3) is 0 Å². The van der Waals surface area contributed by atoms with E-state index in [0.717, 1.165) is 6.08 Å². The van der Waals surface area contributed by atoms with E-state index in [1.807, 2.05) is 0 Å². The van der Waals surface area contributed by atoms with Crippen LogP contribution in [0.15, 0.2) is 24.3 Å². The van der Waals surface area contributed by atoms with Gasteiger partial charge in [0.05, 0.1) is 18.7 Å². The van der Waals surface area contributed by atoms with Crippen molar-refractivity contribution in [1.29, 1.82) is 0 Å². The summed E-state index contributed by atoms with van der Waals surface area (Å²) >= 11 is 5.97. The van der Waals surface area contributed by atoms with E-state index in [-0.39, 0.29) is 6.61 Å². The van der Waals surface area contributed by atoms with E-state index in [1.54, 1.807) is 18.2 Å². The molecule has 0 fully saturated rings. The fourth-order valence-electron chi connectivity index (χ4n) is 1.38. The van der Waals surface area contributed by atoms with Crippen LogP contribution < -0.4 is 4.74 Å². The van der Waals surface area contributed by atoms with Crippen molar-refractivity contribution >= 4 is 23.1 Å². The van der Waals surface area contributed by atoms with E-state index < -0.39 is 5.97 Å². The minimum Gasteiger partial charge on any atom is -0.495 e. The van der Waals surface area contributed by atoms with Crippen LogP contribution in [-0.4, -0.2) is 31.9 Å². The van der Waals surface area contributed by atoms with E-state index in [4.69, 9.17) is 26.2 Å². The van der Waals surface area contributed by atoms with Gasteiger partial charge in [-0.15, -0.1) is 0 Å². The van der Waals surface area contributed by atoms with Gasteiger partial charge >= 0.3 is 5.97 Å². The molecule has 1 aromatic carbocycles. The number of hydrogen-bond acceptors (Lipinski definition) is 3. The largest absolute Gasteiger partial charge is 0.495 e. The first-order chi connectivity index (χ1) is 8.08. The van der Waals surface area contributed by atoms with Gasteiger partial charge < -0.3 is 14.6 Å². The first-order valence-electron chi connectivity index (χ1n) is 4.84. The molecule has 5 heteroatoms. The second-order valence-corrected chi connectivity index (χ2v) is 3.70. The number of carboxylic acid groups (broad SMARTS) is 1. The van der Waals surface area contributed by atoms with Crippen LogP contribution in [0.3, 0.4) is 0 Å². The van der Waals surface area contributed by atoms with Gasteiger partial charge in [0.15, 0.2) is 0 Å². The lowest BCUT2D eigenvalue weighted by Gasteiger charge is -2.08. The summed E-state index contributed by atoms with van der Waals surface area (Å²) in [6, 6.07) is 5.07. The maximum Gasteiger partial charge on any atom is 0.328 e. The normalized spacial score (nSPS) is 11.4. The Labute approximate surface area is 104 Å². The van der Waals surface area contributed by atoms with Crippen molar-refractivity contribution < 1.29 is 19.4 Å². The number of hydrogen-bond donors (Lipinski definition) is 1. The fraction of sp³-hybridized carbons (Fsp3) is 0.250. The van der Waals surface area contributed by atoms with Gasteiger partial charge in [-0.05, 0) is 23.3 Å². The SMILES string of the molecule is COC/C(=C\C(=O)O)c1ccc(OC)c(Cl)c1. The van der Waals surface area contributed by atoms with Crippen molar-refractivity contribution in [2.24, 2.45) is 0 Å². The van der Waals surface area contributed by atoms with Crippen molar-refractivity contribution in [2.45, 2.75) is 0 Å². The van der Waals surface area contributed by atoms with Gasteiger partial charge in [-0.3, -0.25) is 0 Å². The molecule has 0 saturated carbocycles. The van der Waals surface area contributed by atoms with Crippen LogP contribution in [0, 0.1) is 0 Å². The Kier molecular flexibility index (Phi) is 5.00. The molecule has 1 rings (SSSR count). The van der Waals surface area contributed by atoms with Crippen LogP contribution in [0.4, 0.5) is 0 Å². The average molecular weight is 257 g/mol. The van der Waals surface area contributed by atoms with Crippen molar-refractivity contribution in [3.05, 3.63) is 34.9 Å². The monoisotopic (exact) mass is 256 g/mol. The van der Waals surface area contributed by atoms with Crippen molar-refractivity contribution in [3.63, 3.8) is 0 Å². The molecule has 0 atom stereocenters. The maximum absolute atomic E-state index is 10.7. The smallest absolute Gasteiger partial charge is 0.328 e. The Bertz CT molecular complexity index is 440. The summed E-state index contributed by atoms with van der Waals surface area (Å²) in [6.07, 6.45) is 1.10. The Morgan fingerprint density at radius 1 is 1.47 bits per heavy atom. The van der Waals surface area contributed by atoms with Crippen LogP contribution in [0.25, 0.3) is 5.57 Å². The number of benzene rings is 1. The molecule has 0 radical (unpaired) electrons. The highest BCUT2D eigenvalue weighted by Gasteiger charge is 2.07. The Balaban J connectivity index is 3.11. The van der Waals surface area contributed by atoms with E-state index in [9.17, 15) is 4.79 Å². The number of ether oxygens (including phenoxy) is 2. The van der Waals surface area contributed by atoms with Gasteiger partial charge in [-0.1, -0.05) is 17.7 Å². The van der Waals surface area contributed by atoms with Gasteiger partial charge in [0, 0.05) is 13.2 Å². The predicted molar refractivity (Wildman–Crippen MR) is 65.5 cm³/mol. The lowest BCUT2D eigenvalue weighted by Crippen LogP contribution is -1.99. The quantitative estimate of drug-likeness (QED) is 0.823. The maximum atomic E-state index is 10.7. The van der Waals surface area contributed by atoms with Gasteiger partial charge in [-0.25, -0.2) is 4.79 Å². The summed E-state index contributed by atoms with van der Waals surface area (Å²) in [5.41, 5.74) is 1.24. The number of methoxy groups -OCH3 is 2. The number of carboxylic acids is 1. The molecule has 0 spiro atoms. The molecular weight excluding hydrogens is 244 g/mol. The first-order valence-corrected chi connectivity index (χ1v) is 5.22. The predicted octanol–water partition coefficient (Wildman–Crippen LogP) is 2.46. The molecule has 0 heterocycles. The summed E-state index contributed by atoms with van der Waals surface area (Å²) in [5.74, 6) is -0.480. The highest BCUT2D eigenvalue weighted by Crippen LogP contribution is 2.28. The van der Waals surface area contributed by atoms with Gasteiger partial charge in [0.2, 0.25) is 0 Å². The summed E-state index contributed by atoms with van der Waals surface area (Å²) in [6.45, 7) is 0.203. The van der Waals surface area contributed by atoms with Gasteiger partial charge in [-0.2, -0.15) is 0 Å². The summed E-state index contributed by atoms with van der Waals surface area (Å²) in [4.78, 5) is 10.7. The van der Waals surface area contributed by atoms with Crippen LogP contribution in [0.5, 0.6) is 5.75 Å². The average Bonchev–Trinajstić information content (AvgIpc) is 2.28. The molecule has 0 aliphatic carbocycles. The molecule has 4 nitrogen and oxygen atoms in total. The Morgan fingerprint density at radius 2 is 2.18 bits per heavy atom. The molecule has 0 amide bonds. The molecule has 0 aliphatic heterocycles. The topological polar surface area (TPSA) is 55.8 Å². The number of aliphatic carboxylic acids is 1. The lowest BCUT2D eigenvalue weighted by atomic mass is 10.1. The van der Waals surface area contributed by atoms with Crippen molar-refractivity contribution in [2.75, 3.05) is 20.8 Å². The molecule has 1 aromatic rings. The van der Waals surface area contributed by atoms with Crippen molar-refractivity contribution in [3.8, 4) is 5.75 Å². The molecule has 0 aromatic heterocycles. The van der Waals surface area contributed by atoms with Crippen LogP contribution >= 0.6 is 11.6 Å². The standard InChI is InChI=1S/C12H13ClO4/c1-16-7-9(6-12(14)15)8-3-4-11(17-2)10(13)5-8/h3-6H,7H2,1-2H3,(H,14,15)/b9-6+. The zero-order chi connectivity index (χ0) is 12.8. The molecule has 92 valence electrons.